The van der Waals surface area contributed by atoms with Gasteiger partial charge in [-0.1, -0.05) is 47.5 Å². The molecule has 2 aliphatic heterocycles. The molecule has 2 heterocycles. The third kappa shape index (κ3) is 3.84. The minimum absolute atomic E-state index is 0.0137. The van der Waals surface area contributed by atoms with Crippen LogP contribution in [0.1, 0.15) is 45.5 Å². The van der Waals surface area contributed by atoms with E-state index in [0.717, 1.165) is 61.4 Å². The van der Waals surface area contributed by atoms with Gasteiger partial charge in [0.1, 0.15) is 5.82 Å². The van der Waals surface area contributed by atoms with Crippen molar-refractivity contribution in [1.82, 2.24) is 4.90 Å². The third-order valence-electron chi connectivity index (χ3n) is 7.13. The number of anilines is 1. The summed E-state index contributed by atoms with van der Waals surface area (Å²) in [6.45, 7) is 7.53. The van der Waals surface area contributed by atoms with E-state index in [4.69, 9.17) is 0 Å². The number of benzene rings is 3. The topological polar surface area (TPSA) is 23.6 Å². The number of hydrogen-bond donors (Lipinski definition) is 0. The molecule has 1 spiro atoms. The van der Waals surface area contributed by atoms with Crippen LogP contribution in [-0.2, 0) is 12.0 Å². The molecular formula is C28H29FN2O. The number of carbonyl (C=O) groups is 1. The molecule has 3 aromatic rings. The van der Waals surface area contributed by atoms with Gasteiger partial charge in [0, 0.05) is 29.8 Å². The van der Waals surface area contributed by atoms with Crippen LogP contribution in [0.15, 0.2) is 66.7 Å². The lowest BCUT2D eigenvalue weighted by atomic mass is 9.74. The van der Waals surface area contributed by atoms with Crippen molar-refractivity contribution in [3.63, 3.8) is 0 Å². The molecule has 4 heteroatoms. The number of hydrogen-bond acceptors (Lipinski definition) is 2. The van der Waals surface area contributed by atoms with Crippen molar-refractivity contribution in [3.8, 4) is 0 Å². The van der Waals surface area contributed by atoms with Crippen molar-refractivity contribution in [3.05, 3.63) is 100 Å². The van der Waals surface area contributed by atoms with E-state index in [9.17, 15) is 9.18 Å². The number of likely N-dealkylation sites (tertiary alicyclic amines) is 1. The molecule has 0 radical (unpaired) electrons. The van der Waals surface area contributed by atoms with Crippen LogP contribution in [0.4, 0.5) is 10.1 Å². The van der Waals surface area contributed by atoms with E-state index in [2.05, 4.69) is 30.0 Å². The highest BCUT2D eigenvalue weighted by Gasteiger charge is 2.46. The average Bonchev–Trinajstić information content (AvgIpc) is 3.09. The SMILES string of the molecule is Cc1ccc(C(=O)N2CC3(CCN(Cc4cccc(F)c4)CC3)c3cc(C)ccc32)cc1. The first-order valence-corrected chi connectivity index (χ1v) is 11.4. The van der Waals surface area contributed by atoms with E-state index in [1.807, 2.05) is 42.2 Å². The normalized spacial score (nSPS) is 17.5. The van der Waals surface area contributed by atoms with Crippen LogP contribution >= 0.6 is 0 Å². The van der Waals surface area contributed by atoms with Gasteiger partial charge in [0.25, 0.3) is 5.91 Å². The Bertz CT molecular complexity index is 1150. The van der Waals surface area contributed by atoms with E-state index < -0.39 is 0 Å². The second-order valence-electron chi connectivity index (χ2n) is 9.46. The van der Waals surface area contributed by atoms with Gasteiger partial charge >= 0.3 is 0 Å². The number of fused-ring (bicyclic) bond motifs is 2. The maximum absolute atomic E-state index is 13.6. The molecule has 1 amide bonds. The van der Waals surface area contributed by atoms with Crippen LogP contribution in [0.25, 0.3) is 0 Å². The van der Waals surface area contributed by atoms with Crippen LogP contribution in [0.2, 0.25) is 0 Å². The summed E-state index contributed by atoms with van der Waals surface area (Å²) >= 11 is 0. The Morgan fingerprint density at radius 2 is 1.66 bits per heavy atom. The van der Waals surface area contributed by atoms with Gasteiger partial charge < -0.3 is 4.90 Å². The van der Waals surface area contributed by atoms with Crippen LogP contribution in [-0.4, -0.2) is 30.4 Å². The Balaban J connectivity index is 1.38. The first kappa shape index (κ1) is 20.9. The number of amides is 1. The average molecular weight is 429 g/mol. The van der Waals surface area contributed by atoms with Crippen molar-refractivity contribution >= 4 is 11.6 Å². The summed E-state index contributed by atoms with van der Waals surface area (Å²) in [5, 5.41) is 0. The molecule has 5 rings (SSSR count). The number of rotatable bonds is 3. The number of halogens is 1. The summed E-state index contributed by atoms with van der Waals surface area (Å²) in [4.78, 5) is 17.8. The Labute approximate surface area is 189 Å². The van der Waals surface area contributed by atoms with Crippen molar-refractivity contribution in [2.75, 3.05) is 24.5 Å². The Kier molecular flexibility index (Phi) is 5.34. The molecule has 0 unspecified atom stereocenters. The molecular weight excluding hydrogens is 399 g/mol. The maximum Gasteiger partial charge on any atom is 0.258 e. The quantitative estimate of drug-likeness (QED) is 0.539. The molecule has 164 valence electrons. The van der Waals surface area contributed by atoms with Crippen LogP contribution in [0.3, 0.4) is 0 Å². The number of piperidine rings is 1. The summed E-state index contributed by atoms with van der Waals surface area (Å²) in [7, 11) is 0. The Morgan fingerprint density at radius 3 is 2.38 bits per heavy atom. The van der Waals surface area contributed by atoms with E-state index in [1.54, 1.807) is 12.1 Å². The monoisotopic (exact) mass is 428 g/mol. The lowest BCUT2D eigenvalue weighted by Gasteiger charge is -2.40. The summed E-state index contributed by atoms with van der Waals surface area (Å²) in [5.41, 5.74) is 6.49. The predicted octanol–water partition coefficient (Wildman–Crippen LogP) is 5.64. The predicted molar refractivity (Wildman–Crippen MR) is 127 cm³/mol. The van der Waals surface area contributed by atoms with Gasteiger partial charge in [-0.15, -0.1) is 0 Å². The summed E-state index contributed by atoms with van der Waals surface area (Å²) in [5.74, 6) is -0.101. The lowest BCUT2D eigenvalue weighted by Crippen LogP contribution is -2.45. The van der Waals surface area contributed by atoms with Crippen molar-refractivity contribution in [2.45, 2.75) is 38.6 Å². The molecule has 2 aliphatic rings. The van der Waals surface area contributed by atoms with E-state index in [1.165, 1.54) is 17.2 Å². The van der Waals surface area contributed by atoms with Crippen molar-refractivity contribution in [2.24, 2.45) is 0 Å². The highest BCUT2D eigenvalue weighted by atomic mass is 19.1. The molecule has 0 N–H and O–H groups in total. The minimum atomic E-state index is -0.179. The molecule has 1 fully saturated rings. The molecule has 0 atom stereocenters. The Morgan fingerprint density at radius 1 is 0.938 bits per heavy atom. The van der Waals surface area contributed by atoms with Gasteiger partial charge in [0.15, 0.2) is 0 Å². The second-order valence-corrected chi connectivity index (χ2v) is 9.46. The van der Waals surface area contributed by atoms with Crippen molar-refractivity contribution in [1.29, 1.82) is 0 Å². The van der Waals surface area contributed by atoms with Gasteiger partial charge in [0.05, 0.1) is 0 Å². The van der Waals surface area contributed by atoms with Gasteiger partial charge in [-0.3, -0.25) is 9.69 Å². The largest absolute Gasteiger partial charge is 0.307 e. The zero-order valence-corrected chi connectivity index (χ0v) is 18.8. The number of aryl methyl sites for hydroxylation is 2. The molecule has 3 nitrogen and oxygen atoms in total. The van der Waals surface area contributed by atoms with Crippen LogP contribution in [0.5, 0.6) is 0 Å². The maximum atomic E-state index is 13.6. The fraction of sp³-hybridized carbons (Fsp3) is 0.321. The molecule has 0 aliphatic carbocycles. The molecule has 1 saturated heterocycles. The Hall–Kier alpha value is -2.98. The smallest absolute Gasteiger partial charge is 0.258 e. The third-order valence-corrected chi connectivity index (χ3v) is 7.13. The van der Waals surface area contributed by atoms with Gasteiger partial charge in [-0.25, -0.2) is 4.39 Å². The minimum Gasteiger partial charge on any atom is -0.307 e. The molecule has 0 aromatic heterocycles. The fourth-order valence-corrected chi connectivity index (χ4v) is 5.28. The summed E-state index contributed by atoms with van der Waals surface area (Å²) in [6.07, 6.45) is 1.99. The second kappa shape index (κ2) is 8.18. The highest BCUT2D eigenvalue weighted by molar-refractivity contribution is 6.07. The van der Waals surface area contributed by atoms with Gasteiger partial charge in [0.2, 0.25) is 0 Å². The zero-order chi connectivity index (χ0) is 22.3. The number of carbonyl (C=O) groups excluding carboxylic acids is 1. The first-order valence-electron chi connectivity index (χ1n) is 11.4. The molecule has 0 saturated carbocycles. The standard InChI is InChI=1S/C28H29FN2O/c1-20-6-9-23(10-7-20)27(32)31-19-28(25-16-21(2)8-11-26(25)31)12-14-30(15-13-28)18-22-4-3-5-24(29)17-22/h3-11,16-17H,12-15,18-19H2,1-2H3. The first-order chi connectivity index (χ1) is 15.4. The molecule has 0 bridgehead atoms. The van der Waals surface area contributed by atoms with Crippen molar-refractivity contribution < 1.29 is 9.18 Å². The van der Waals surface area contributed by atoms with E-state index in [-0.39, 0.29) is 17.1 Å². The van der Waals surface area contributed by atoms with E-state index >= 15 is 0 Å². The van der Waals surface area contributed by atoms with Gasteiger partial charge in [-0.2, -0.15) is 0 Å². The van der Waals surface area contributed by atoms with Crippen LogP contribution < -0.4 is 4.90 Å². The van der Waals surface area contributed by atoms with Gasteiger partial charge in [-0.05, 0) is 81.2 Å². The summed E-state index contributed by atoms with van der Waals surface area (Å²) < 4.78 is 13.6. The van der Waals surface area contributed by atoms with E-state index in [0.29, 0.717) is 0 Å². The highest BCUT2D eigenvalue weighted by Crippen LogP contribution is 2.48. The molecule has 3 aromatic carbocycles. The number of nitrogens with zero attached hydrogens (tertiary/aromatic N) is 2. The fourth-order valence-electron chi connectivity index (χ4n) is 5.28. The zero-order valence-electron chi connectivity index (χ0n) is 18.8. The summed E-state index contributed by atoms with van der Waals surface area (Å²) in [6, 6.07) is 21.2. The van der Waals surface area contributed by atoms with Crippen LogP contribution in [0, 0.1) is 19.7 Å². The molecule has 32 heavy (non-hydrogen) atoms. The lowest BCUT2D eigenvalue weighted by molar-refractivity contribution is 0.0975.